The van der Waals surface area contributed by atoms with Crippen molar-refractivity contribution in [1.29, 1.82) is 0 Å². The maximum Gasteiger partial charge on any atom is 0.256 e. The molecule has 1 N–H and O–H groups in total. The van der Waals surface area contributed by atoms with Gasteiger partial charge in [-0.1, -0.05) is 30.3 Å². The highest BCUT2D eigenvalue weighted by Crippen LogP contribution is 2.24. The molecule has 136 valence electrons. The van der Waals surface area contributed by atoms with E-state index in [0.29, 0.717) is 32.5 Å². The number of nitrogens with zero attached hydrogens (tertiary/aromatic N) is 3. The van der Waals surface area contributed by atoms with Crippen molar-refractivity contribution in [2.45, 2.75) is 31.9 Å². The number of hydrogen-bond donors (Lipinski definition) is 1. The number of rotatable bonds is 3. The zero-order valence-electron chi connectivity index (χ0n) is 14.9. The van der Waals surface area contributed by atoms with E-state index in [0.717, 1.165) is 19.6 Å². The summed E-state index contributed by atoms with van der Waals surface area (Å²) in [5.41, 5.74) is -0.156. The molecular formula is C19H27N3O3. The van der Waals surface area contributed by atoms with E-state index in [1.54, 1.807) is 9.80 Å². The minimum Gasteiger partial charge on any atom is -0.378 e. The van der Waals surface area contributed by atoms with Crippen LogP contribution >= 0.6 is 0 Å². The number of carbonyl (C=O) groups excluding carboxylic acids is 2. The first kappa shape index (κ1) is 17.9. The van der Waals surface area contributed by atoms with E-state index in [2.05, 4.69) is 17.0 Å². The molecule has 2 aliphatic rings. The van der Waals surface area contributed by atoms with E-state index in [-0.39, 0.29) is 18.4 Å². The van der Waals surface area contributed by atoms with Gasteiger partial charge in [0.1, 0.15) is 0 Å². The van der Waals surface area contributed by atoms with Crippen LogP contribution in [-0.4, -0.2) is 76.5 Å². The smallest absolute Gasteiger partial charge is 0.256 e. The highest BCUT2D eigenvalue weighted by molar-refractivity contribution is 5.86. The molecule has 1 atom stereocenters. The molecule has 2 heterocycles. The molecule has 2 fully saturated rings. The number of aliphatic hydroxyl groups is 1. The first-order valence-corrected chi connectivity index (χ1v) is 9.01. The number of β-amino-alcohol motifs (C(OH)–C–C–N with tert-alkyl or cyclic N) is 1. The molecule has 6 nitrogen and oxygen atoms in total. The fraction of sp³-hybridized carbons (Fsp3) is 0.579. The third-order valence-electron chi connectivity index (χ3n) is 5.22. The third kappa shape index (κ3) is 4.19. The molecule has 0 saturated carbocycles. The Labute approximate surface area is 149 Å². The van der Waals surface area contributed by atoms with Gasteiger partial charge in [0.15, 0.2) is 5.60 Å². The van der Waals surface area contributed by atoms with Crippen LogP contribution in [-0.2, 0) is 16.1 Å². The number of hydrogen-bond acceptors (Lipinski definition) is 4. The highest BCUT2D eigenvalue weighted by Gasteiger charge is 2.43. The Morgan fingerprint density at radius 2 is 1.72 bits per heavy atom. The fourth-order valence-corrected chi connectivity index (χ4v) is 3.72. The summed E-state index contributed by atoms with van der Waals surface area (Å²) < 4.78 is 0. The van der Waals surface area contributed by atoms with Gasteiger partial charge in [0.05, 0.1) is 6.54 Å². The van der Waals surface area contributed by atoms with Crippen LogP contribution in [0.15, 0.2) is 30.3 Å². The molecule has 0 aromatic heterocycles. The lowest BCUT2D eigenvalue weighted by Crippen LogP contribution is -2.61. The number of amides is 2. The van der Waals surface area contributed by atoms with Gasteiger partial charge < -0.3 is 14.9 Å². The second kappa shape index (κ2) is 7.54. The first-order chi connectivity index (χ1) is 12.0. The number of piperidine rings is 1. The number of likely N-dealkylation sites (tertiary alicyclic amines) is 1. The summed E-state index contributed by atoms with van der Waals surface area (Å²) in [7, 11) is 0. The van der Waals surface area contributed by atoms with Crippen LogP contribution in [0.4, 0.5) is 0 Å². The van der Waals surface area contributed by atoms with Gasteiger partial charge in [-0.2, -0.15) is 0 Å². The lowest BCUT2D eigenvalue weighted by molar-refractivity contribution is -0.161. The average Bonchev–Trinajstić information content (AvgIpc) is 2.62. The van der Waals surface area contributed by atoms with Gasteiger partial charge >= 0.3 is 0 Å². The molecule has 0 aliphatic carbocycles. The van der Waals surface area contributed by atoms with Crippen molar-refractivity contribution in [3.8, 4) is 0 Å². The molecule has 2 amide bonds. The molecule has 6 heteroatoms. The van der Waals surface area contributed by atoms with E-state index in [1.807, 2.05) is 18.2 Å². The maximum absolute atomic E-state index is 12.8. The normalized spacial score (nSPS) is 25.0. The lowest BCUT2D eigenvalue weighted by Gasteiger charge is -2.42. The monoisotopic (exact) mass is 345 g/mol. The summed E-state index contributed by atoms with van der Waals surface area (Å²) in [5, 5.41) is 10.8. The predicted octanol–water partition coefficient (Wildman–Crippen LogP) is 0.704. The summed E-state index contributed by atoms with van der Waals surface area (Å²) in [6.45, 7) is 5.94. The highest BCUT2D eigenvalue weighted by atomic mass is 16.3. The minimum atomic E-state index is -1.43. The maximum atomic E-state index is 12.8. The van der Waals surface area contributed by atoms with Crippen molar-refractivity contribution in [2.24, 2.45) is 0 Å². The second-order valence-corrected chi connectivity index (χ2v) is 7.13. The van der Waals surface area contributed by atoms with Gasteiger partial charge in [-0.05, 0) is 18.4 Å². The second-order valence-electron chi connectivity index (χ2n) is 7.13. The largest absolute Gasteiger partial charge is 0.378 e. The number of piperazine rings is 1. The molecule has 0 spiro atoms. The van der Waals surface area contributed by atoms with Crippen LogP contribution in [0.2, 0.25) is 0 Å². The average molecular weight is 345 g/mol. The Morgan fingerprint density at radius 1 is 1.04 bits per heavy atom. The lowest BCUT2D eigenvalue weighted by atomic mass is 9.91. The van der Waals surface area contributed by atoms with Crippen molar-refractivity contribution < 1.29 is 14.7 Å². The van der Waals surface area contributed by atoms with E-state index in [1.165, 1.54) is 12.5 Å². The summed E-state index contributed by atoms with van der Waals surface area (Å²) in [6, 6.07) is 10.3. The van der Waals surface area contributed by atoms with Crippen LogP contribution in [0.25, 0.3) is 0 Å². The van der Waals surface area contributed by atoms with Gasteiger partial charge in [0, 0.05) is 46.2 Å². The molecule has 0 bridgehead atoms. The van der Waals surface area contributed by atoms with E-state index in [9.17, 15) is 14.7 Å². The number of carbonyl (C=O) groups is 2. The molecular weight excluding hydrogens is 318 g/mol. The minimum absolute atomic E-state index is 0.0846. The molecule has 2 aliphatic heterocycles. The van der Waals surface area contributed by atoms with Gasteiger partial charge in [0.2, 0.25) is 5.91 Å². The summed E-state index contributed by atoms with van der Waals surface area (Å²) >= 11 is 0. The van der Waals surface area contributed by atoms with Crippen LogP contribution in [0.3, 0.4) is 0 Å². The van der Waals surface area contributed by atoms with Gasteiger partial charge in [-0.25, -0.2) is 0 Å². The molecule has 1 aromatic carbocycles. The van der Waals surface area contributed by atoms with Crippen molar-refractivity contribution >= 4 is 11.8 Å². The molecule has 1 aromatic rings. The quantitative estimate of drug-likeness (QED) is 0.876. The van der Waals surface area contributed by atoms with E-state index >= 15 is 0 Å². The standard InChI is InChI=1S/C19H27N3O3/c1-16(23)22-9-5-8-19(25,15-22)18(24)21-12-10-20(11-13-21)14-17-6-3-2-4-7-17/h2-4,6-7,25H,5,8-15H2,1H3/t19-/m0/s1. The number of benzene rings is 1. The topological polar surface area (TPSA) is 64.1 Å². The van der Waals surface area contributed by atoms with Gasteiger partial charge in [-0.15, -0.1) is 0 Å². The fourth-order valence-electron chi connectivity index (χ4n) is 3.72. The van der Waals surface area contributed by atoms with E-state index < -0.39 is 5.60 Å². The molecule has 0 radical (unpaired) electrons. The SMILES string of the molecule is CC(=O)N1CCC[C@@](O)(C(=O)N2CCN(Cc3ccccc3)CC2)C1. The summed E-state index contributed by atoms with van der Waals surface area (Å²) in [6.07, 6.45) is 1.09. The molecule has 0 unspecified atom stereocenters. The predicted molar refractivity (Wildman–Crippen MR) is 94.7 cm³/mol. The van der Waals surface area contributed by atoms with Crippen molar-refractivity contribution in [2.75, 3.05) is 39.3 Å². The van der Waals surface area contributed by atoms with Crippen LogP contribution < -0.4 is 0 Å². The summed E-state index contributed by atoms with van der Waals surface area (Å²) in [4.78, 5) is 30.1. The Kier molecular flexibility index (Phi) is 5.39. The molecule has 3 rings (SSSR count). The van der Waals surface area contributed by atoms with E-state index in [4.69, 9.17) is 0 Å². The summed E-state index contributed by atoms with van der Waals surface area (Å²) in [5.74, 6) is -0.309. The Balaban J connectivity index is 1.55. The zero-order chi connectivity index (χ0) is 17.9. The van der Waals surface area contributed by atoms with Crippen molar-refractivity contribution in [3.63, 3.8) is 0 Å². The third-order valence-corrected chi connectivity index (χ3v) is 5.22. The van der Waals surface area contributed by atoms with Crippen molar-refractivity contribution in [3.05, 3.63) is 35.9 Å². The molecule has 2 saturated heterocycles. The first-order valence-electron chi connectivity index (χ1n) is 9.01. The Bertz CT molecular complexity index is 614. The van der Waals surface area contributed by atoms with Crippen molar-refractivity contribution in [1.82, 2.24) is 14.7 Å². The molecule has 25 heavy (non-hydrogen) atoms. The zero-order valence-corrected chi connectivity index (χ0v) is 14.9. The van der Waals surface area contributed by atoms with Crippen LogP contribution in [0.1, 0.15) is 25.3 Å². The van der Waals surface area contributed by atoms with Crippen LogP contribution in [0.5, 0.6) is 0 Å². The van der Waals surface area contributed by atoms with Gasteiger partial charge in [-0.3, -0.25) is 14.5 Å². The Hall–Kier alpha value is -1.92. The van der Waals surface area contributed by atoms with Crippen LogP contribution in [0, 0.1) is 0 Å². The van der Waals surface area contributed by atoms with Gasteiger partial charge in [0.25, 0.3) is 5.91 Å². The Morgan fingerprint density at radius 3 is 2.36 bits per heavy atom.